The van der Waals surface area contributed by atoms with Crippen molar-refractivity contribution in [2.24, 2.45) is 0 Å². The normalized spacial score (nSPS) is 13.5. The fourth-order valence-corrected chi connectivity index (χ4v) is 1.51. The average Bonchev–Trinajstić information content (AvgIpc) is 2.15. The molecule has 1 rings (SSSR count). The van der Waals surface area contributed by atoms with Crippen LogP contribution in [0.3, 0.4) is 0 Å². The van der Waals surface area contributed by atoms with Crippen LogP contribution in [0.2, 0.25) is 0 Å². The number of benzene rings is 1. The molecule has 0 saturated carbocycles. The molecule has 1 aromatic rings. The highest BCUT2D eigenvalue weighted by Crippen LogP contribution is 2.26. The van der Waals surface area contributed by atoms with E-state index in [0.717, 1.165) is 24.3 Å². The first kappa shape index (κ1) is 11.7. The van der Waals surface area contributed by atoms with E-state index in [4.69, 9.17) is 5.11 Å². The summed E-state index contributed by atoms with van der Waals surface area (Å²) in [6.07, 6.45) is 0. The van der Waals surface area contributed by atoms with Gasteiger partial charge in [-0.05, 0) is 24.3 Å². The van der Waals surface area contributed by atoms with E-state index < -0.39 is 27.2 Å². The minimum absolute atomic E-state index is 0.155. The Morgan fingerprint density at radius 3 is 2.00 bits per heavy atom. The lowest BCUT2D eigenvalue weighted by Gasteiger charge is -2.05. The molecule has 0 aliphatic rings. The molecule has 3 nitrogen and oxygen atoms in total. The van der Waals surface area contributed by atoms with E-state index >= 15 is 0 Å². The third kappa shape index (κ3) is 2.79. The Labute approximate surface area is 85.0 Å². The molecule has 0 aliphatic carbocycles. The molecule has 1 atom stereocenters. The van der Waals surface area contributed by atoms with Gasteiger partial charge in [-0.25, -0.2) is 9.00 Å². The summed E-state index contributed by atoms with van der Waals surface area (Å²) < 4.78 is 46.7. The van der Waals surface area contributed by atoms with Crippen molar-refractivity contribution in [3.63, 3.8) is 0 Å². The molecule has 0 unspecified atom stereocenters. The smallest absolute Gasteiger partial charge is 0.475 e. The van der Waals surface area contributed by atoms with Crippen LogP contribution in [0.1, 0.15) is 10.4 Å². The van der Waals surface area contributed by atoms with Crippen LogP contribution < -0.4 is 0 Å². The second-order valence-corrected chi connectivity index (χ2v) is 4.02. The first-order valence-electron chi connectivity index (χ1n) is 3.64. The summed E-state index contributed by atoms with van der Waals surface area (Å²) in [6.45, 7) is 0. The van der Waals surface area contributed by atoms with Crippen LogP contribution in [0.15, 0.2) is 29.2 Å². The maximum atomic E-state index is 12.0. The molecule has 0 spiro atoms. The van der Waals surface area contributed by atoms with Crippen molar-refractivity contribution in [1.82, 2.24) is 0 Å². The summed E-state index contributed by atoms with van der Waals surface area (Å²) >= 11 is 0. The quantitative estimate of drug-likeness (QED) is 0.857. The fourth-order valence-electron chi connectivity index (χ4n) is 0.855. The first-order valence-corrected chi connectivity index (χ1v) is 4.79. The number of alkyl halides is 3. The third-order valence-electron chi connectivity index (χ3n) is 1.53. The molecule has 7 heteroatoms. The van der Waals surface area contributed by atoms with Crippen molar-refractivity contribution in [1.29, 1.82) is 0 Å². The number of hydrogen-bond donors (Lipinski definition) is 1. The molecule has 0 saturated heterocycles. The molecular weight excluding hydrogens is 233 g/mol. The van der Waals surface area contributed by atoms with E-state index in [9.17, 15) is 22.2 Å². The van der Waals surface area contributed by atoms with E-state index in [0.29, 0.717) is 0 Å². The Morgan fingerprint density at radius 2 is 1.67 bits per heavy atom. The zero-order valence-corrected chi connectivity index (χ0v) is 7.93. The van der Waals surface area contributed by atoms with Crippen LogP contribution in [-0.4, -0.2) is 20.8 Å². The lowest BCUT2D eigenvalue weighted by atomic mass is 10.2. The van der Waals surface area contributed by atoms with Gasteiger partial charge in [0.05, 0.1) is 5.56 Å². The molecule has 0 fully saturated rings. The van der Waals surface area contributed by atoms with Crippen molar-refractivity contribution < 1.29 is 27.3 Å². The molecule has 1 N–H and O–H groups in total. The van der Waals surface area contributed by atoms with E-state index in [-0.39, 0.29) is 5.56 Å². The molecule has 0 amide bonds. The Morgan fingerprint density at radius 1 is 1.20 bits per heavy atom. The first-order chi connectivity index (χ1) is 6.82. The monoisotopic (exact) mass is 238 g/mol. The van der Waals surface area contributed by atoms with Gasteiger partial charge in [0.2, 0.25) is 0 Å². The van der Waals surface area contributed by atoms with Gasteiger partial charge >= 0.3 is 11.5 Å². The number of halogens is 3. The number of carboxylic acid groups (broad SMARTS) is 1. The second-order valence-electron chi connectivity index (χ2n) is 2.54. The van der Waals surface area contributed by atoms with E-state index in [1.54, 1.807) is 0 Å². The van der Waals surface area contributed by atoms with Crippen LogP contribution >= 0.6 is 0 Å². The molecule has 0 aromatic heterocycles. The van der Waals surface area contributed by atoms with E-state index in [2.05, 4.69) is 0 Å². The van der Waals surface area contributed by atoms with Crippen molar-refractivity contribution in [3.8, 4) is 0 Å². The Bertz CT molecular complexity index is 397. The minimum Gasteiger partial charge on any atom is -0.478 e. The standard InChI is InChI=1S/C8H5F3O3S/c9-8(10,11)15(14)6-3-1-5(2-4-6)7(12)13/h1-4H,(H,12,13)/t15-/m0/s1. The highest BCUT2D eigenvalue weighted by molar-refractivity contribution is 7.86. The van der Waals surface area contributed by atoms with Gasteiger partial charge in [0.1, 0.15) is 0 Å². The van der Waals surface area contributed by atoms with E-state index in [1.165, 1.54) is 0 Å². The largest absolute Gasteiger partial charge is 0.478 e. The summed E-state index contributed by atoms with van der Waals surface area (Å²) in [5.41, 5.74) is -4.98. The molecule has 0 heterocycles. The van der Waals surface area contributed by atoms with Gasteiger partial charge in [0, 0.05) is 4.90 Å². The average molecular weight is 238 g/mol. The number of rotatable bonds is 2. The molecule has 82 valence electrons. The van der Waals surface area contributed by atoms with Crippen molar-refractivity contribution in [3.05, 3.63) is 29.8 Å². The Kier molecular flexibility index (Phi) is 3.13. The molecule has 15 heavy (non-hydrogen) atoms. The SMILES string of the molecule is O=C(O)c1ccc([S@](=O)C(F)(F)F)cc1. The van der Waals surface area contributed by atoms with Gasteiger partial charge in [-0.3, -0.25) is 0 Å². The third-order valence-corrected chi connectivity index (χ3v) is 2.65. The van der Waals surface area contributed by atoms with Crippen LogP contribution in [0.5, 0.6) is 0 Å². The van der Waals surface area contributed by atoms with Gasteiger partial charge < -0.3 is 5.11 Å². The summed E-state index contributed by atoms with van der Waals surface area (Å²) in [5.74, 6) is -1.25. The molecule has 1 aromatic carbocycles. The van der Waals surface area contributed by atoms with E-state index in [1.807, 2.05) is 0 Å². The lowest BCUT2D eigenvalue weighted by molar-refractivity contribution is -0.0384. The van der Waals surface area contributed by atoms with Gasteiger partial charge in [0.25, 0.3) is 0 Å². The van der Waals surface area contributed by atoms with Gasteiger partial charge in [-0.15, -0.1) is 0 Å². The van der Waals surface area contributed by atoms with Gasteiger partial charge in [-0.1, -0.05) is 0 Å². The Balaban J connectivity index is 3.00. The van der Waals surface area contributed by atoms with Crippen LogP contribution in [0.4, 0.5) is 13.2 Å². The van der Waals surface area contributed by atoms with Crippen molar-refractivity contribution in [2.45, 2.75) is 10.4 Å². The molecule has 0 bridgehead atoms. The molecule has 0 radical (unpaired) electrons. The zero-order valence-electron chi connectivity index (χ0n) is 7.12. The maximum absolute atomic E-state index is 12.0. The highest BCUT2D eigenvalue weighted by Gasteiger charge is 2.37. The number of aromatic carboxylic acids is 1. The van der Waals surface area contributed by atoms with Gasteiger partial charge in [0.15, 0.2) is 10.8 Å². The fraction of sp³-hybridized carbons (Fsp3) is 0.125. The number of carbonyl (C=O) groups is 1. The second kappa shape index (κ2) is 4.01. The zero-order chi connectivity index (χ0) is 11.6. The van der Waals surface area contributed by atoms with Crippen molar-refractivity contribution >= 4 is 16.8 Å². The predicted octanol–water partition coefficient (Wildman–Crippen LogP) is 2.01. The van der Waals surface area contributed by atoms with Crippen LogP contribution in [0, 0.1) is 0 Å². The Hall–Kier alpha value is -1.37. The predicted molar refractivity (Wildman–Crippen MR) is 45.9 cm³/mol. The van der Waals surface area contributed by atoms with Crippen LogP contribution in [0.25, 0.3) is 0 Å². The van der Waals surface area contributed by atoms with Crippen molar-refractivity contribution in [2.75, 3.05) is 0 Å². The number of carboxylic acids is 1. The minimum atomic E-state index is -4.83. The topological polar surface area (TPSA) is 54.4 Å². The number of hydrogen-bond acceptors (Lipinski definition) is 2. The lowest BCUT2D eigenvalue weighted by Crippen LogP contribution is -2.16. The summed E-state index contributed by atoms with van der Waals surface area (Å²) in [5, 5.41) is 8.48. The molecular formula is C8H5F3O3S. The summed E-state index contributed by atoms with van der Waals surface area (Å²) in [7, 11) is -3.12. The van der Waals surface area contributed by atoms with Crippen LogP contribution in [-0.2, 0) is 10.8 Å². The van der Waals surface area contributed by atoms with Gasteiger partial charge in [-0.2, -0.15) is 13.2 Å². The molecule has 0 aliphatic heterocycles. The highest BCUT2D eigenvalue weighted by atomic mass is 32.2. The maximum Gasteiger partial charge on any atom is 0.475 e. The summed E-state index contributed by atoms with van der Waals surface area (Å²) in [4.78, 5) is 9.92. The summed E-state index contributed by atoms with van der Waals surface area (Å²) in [6, 6.07) is 3.71.